The molecular formula is C34H26O23. The fraction of sp³-hybridized carbons (Fsp3) is 0.176. The Morgan fingerprint density at radius 2 is 1.12 bits per heavy atom. The van der Waals surface area contributed by atoms with Crippen molar-refractivity contribution in [3.8, 4) is 85.9 Å². The van der Waals surface area contributed by atoms with E-state index in [9.17, 15) is 90.7 Å². The lowest BCUT2D eigenvalue weighted by molar-refractivity contribution is -0.283. The summed E-state index contributed by atoms with van der Waals surface area (Å²) in [5.74, 6) is -22.5. The van der Waals surface area contributed by atoms with Gasteiger partial charge in [0.05, 0.1) is 23.3 Å². The highest BCUT2D eigenvalue weighted by Crippen LogP contribution is 2.53. The Hall–Kier alpha value is -7.76. The van der Waals surface area contributed by atoms with Crippen LogP contribution in [0.4, 0.5) is 0 Å². The van der Waals surface area contributed by atoms with Gasteiger partial charge >= 0.3 is 23.9 Å². The fourth-order valence-corrected chi connectivity index (χ4v) is 5.85. The molecule has 23 nitrogen and oxygen atoms in total. The van der Waals surface area contributed by atoms with E-state index < -0.39 is 169 Å². The Bertz CT molecular complexity index is 2390. The number of ether oxygens (including phenoxy) is 5. The van der Waals surface area contributed by atoms with Crippen LogP contribution in [0, 0.1) is 0 Å². The number of benzene rings is 4. The van der Waals surface area contributed by atoms with Crippen LogP contribution in [0.1, 0.15) is 41.4 Å². The Labute approximate surface area is 314 Å². The Morgan fingerprint density at radius 1 is 0.632 bits per heavy atom. The van der Waals surface area contributed by atoms with Crippen molar-refractivity contribution in [2.45, 2.75) is 30.7 Å². The summed E-state index contributed by atoms with van der Waals surface area (Å²) in [6.07, 6.45) is -10.8. The molecule has 0 spiro atoms. The molecule has 0 saturated carbocycles. The van der Waals surface area contributed by atoms with Crippen molar-refractivity contribution in [2.75, 3.05) is 6.61 Å². The van der Waals surface area contributed by atoms with Crippen LogP contribution < -0.4 is 4.74 Å². The van der Waals surface area contributed by atoms with Gasteiger partial charge in [0.2, 0.25) is 41.1 Å². The van der Waals surface area contributed by atoms with E-state index in [1.54, 1.807) is 0 Å². The lowest BCUT2D eigenvalue weighted by Gasteiger charge is -2.42. The van der Waals surface area contributed by atoms with Gasteiger partial charge < -0.3 is 95.2 Å². The molecule has 6 rings (SSSR count). The molecule has 0 bridgehead atoms. The third-order valence-corrected chi connectivity index (χ3v) is 8.65. The Morgan fingerprint density at radius 3 is 1.65 bits per heavy atom. The van der Waals surface area contributed by atoms with E-state index in [2.05, 4.69) is 0 Å². The van der Waals surface area contributed by atoms with E-state index in [0.29, 0.717) is 30.3 Å². The van der Waals surface area contributed by atoms with Crippen LogP contribution >= 0.6 is 0 Å². The zero-order chi connectivity index (χ0) is 41.9. The number of fused-ring (bicyclic) bond motifs is 4. The summed E-state index contributed by atoms with van der Waals surface area (Å²) in [4.78, 5) is 52.8. The minimum Gasteiger partial charge on any atom is -0.504 e. The molecule has 1 fully saturated rings. The first kappa shape index (κ1) is 38.9. The maximum absolute atomic E-state index is 13.8. The third kappa shape index (κ3) is 6.47. The van der Waals surface area contributed by atoms with Crippen LogP contribution in [0.2, 0.25) is 0 Å². The molecule has 0 aliphatic carbocycles. The highest BCUT2D eigenvalue weighted by Gasteiger charge is 2.53. The molecule has 14 N–H and O–H groups in total. The molecular weight excluding hydrogens is 776 g/mol. The maximum atomic E-state index is 13.8. The van der Waals surface area contributed by atoms with Crippen molar-refractivity contribution in [1.82, 2.24) is 0 Å². The predicted molar refractivity (Wildman–Crippen MR) is 176 cm³/mol. The number of aliphatic hydroxyl groups excluding tert-OH is 2. The van der Waals surface area contributed by atoms with Crippen molar-refractivity contribution in [3.05, 3.63) is 52.6 Å². The fourth-order valence-electron chi connectivity index (χ4n) is 5.85. The molecule has 57 heavy (non-hydrogen) atoms. The molecule has 1 saturated heterocycles. The normalized spacial score (nSPS) is 20.2. The third-order valence-electron chi connectivity index (χ3n) is 8.65. The molecule has 2 heterocycles. The molecule has 5 atom stereocenters. The largest absolute Gasteiger partial charge is 0.504 e. The minimum absolute atomic E-state index is 0.454. The van der Waals surface area contributed by atoms with Crippen LogP contribution in [-0.4, -0.2) is 133 Å². The second kappa shape index (κ2) is 14.1. The number of aromatic carboxylic acids is 1. The van der Waals surface area contributed by atoms with Crippen LogP contribution in [0.3, 0.4) is 0 Å². The molecule has 0 radical (unpaired) electrons. The molecule has 4 aromatic carbocycles. The van der Waals surface area contributed by atoms with E-state index in [1.807, 2.05) is 0 Å². The average molecular weight is 803 g/mol. The number of carboxylic acid groups (broad SMARTS) is 1. The van der Waals surface area contributed by atoms with Crippen molar-refractivity contribution < 1.29 is 114 Å². The quantitative estimate of drug-likeness (QED) is 0.0721. The summed E-state index contributed by atoms with van der Waals surface area (Å²) < 4.78 is 26.7. The van der Waals surface area contributed by atoms with Gasteiger partial charge in [0.15, 0.2) is 52.1 Å². The van der Waals surface area contributed by atoms with Crippen molar-refractivity contribution in [2.24, 2.45) is 0 Å². The molecule has 0 unspecified atom stereocenters. The monoisotopic (exact) mass is 802 g/mol. The number of carbonyl (C=O) groups is 4. The SMILES string of the molecule is O=C(O[C@H]1O[C@H](CO)[C@@H](O)[C@@H]2OC(=O)c3cc(O)c(O)c(O)c3-c3c(cc(O)c(O)c3O)C(=O)O[C@@H]12)c1cc(O)c(O)c(Oc2c(C(=O)O)cc(O)c(O)c2O)c1. The highest BCUT2D eigenvalue weighted by atomic mass is 16.7. The molecule has 0 aromatic heterocycles. The standard InChI is InChI=1S/C34H26O23/c35-6-16-23(44)28-29(56-33(52)9-4-13(38)21(42)25(46)18(9)17-8(32(51)55-28)3-12(37)20(41)24(17)45)34(54-16)57-31(50)7-1-11(36)19(40)15(2-7)53-27-10(30(48)49)5-14(39)22(43)26(27)47/h1-5,16,23,28-29,34-47H,6H2,(H,48,49)/t16-,23-,28+,29-,34-/m1/s1. The van der Waals surface area contributed by atoms with E-state index >= 15 is 0 Å². The summed E-state index contributed by atoms with van der Waals surface area (Å²) in [5.41, 5.74) is -5.66. The molecule has 300 valence electrons. The molecule has 2 aliphatic rings. The zero-order valence-electron chi connectivity index (χ0n) is 27.9. The molecule has 23 heteroatoms. The number of hydrogen-bond donors (Lipinski definition) is 14. The van der Waals surface area contributed by atoms with Gasteiger partial charge in [0.1, 0.15) is 17.8 Å². The van der Waals surface area contributed by atoms with Crippen LogP contribution in [-0.2, 0) is 18.9 Å². The number of aromatic hydroxyl groups is 11. The second-order valence-electron chi connectivity index (χ2n) is 12.1. The van der Waals surface area contributed by atoms with Crippen LogP contribution in [0.25, 0.3) is 11.1 Å². The van der Waals surface area contributed by atoms with Crippen molar-refractivity contribution in [3.63, 3.8) is 0 Å². The summed E-state index contributed by atoms with van der Waals surface area (Å²) in [6, 6.07) is 2.56. The van der Waals surface area contributed by atoms with Crippen molar-refractivity contribution >= 4 is 23.9 Å². The Balaban J connectivity index is 1.44. The van der Waals surface area contributed by atoms with E-state index in [-0.39, 0.29) is 0 Å². The summed E-state index contributed by atoms with van der Waals surface area (Å²) in [7, 11) is 0. The summed E-state index contributed by atoms with van der Waals surface area (Å²) in [6.45, 7) is -1.10. The van der Waals surface area contributed by atoms with Gasteiger partial charge in [-0.25, -0.2) is 19.2 Å². The van der Waals surface area contributed by atoms with Crippen LogP contribution in [0.5, 0.6) is 74.7 Å². The maximum Gasteiger partial charge on any atom is 0.340 e. The second-order valence-corrected chi connectivity index (χ2v) is 12.1. The van der Waals surface area contributed by atoms with Gasteiger partial charge in [0.25, 0.3) is 0 Å². The number of phenolic OH excluding ortho intramolecular Hbond substituents is 11. The van der Waals surface area contributed by atoms with Gasteiger partial charge in [-0.3, -0.25) is 0 Å². The molecule has 4 aromatic rings. The number of rotatable bonds is 6. The first-order valence-electron chi connectivity index (χ1n) is 15.7. The van der Waals surface area contributed by atoms with Gasteiger partial charge in [0, 0.05) is 17.2 Å². The first-order valence-corrected chi connectivity index (χ1v) is 15.7. The average Bonchev–Trinajstić information content (AvgIpc) is 3.16. The van der Waals surface area contributed by atoms with Gasteiger partial charge in [-0.2, -0.15) is 0 Å². The summed E-state index contributed by atoms with van der Waals surface area (Å²) >= 11 is 0. The van der Waals surface area contributed by atoms with Gasteiger partial charge in [-0.05, 0) is 24.3 Å². The van der Waals surface area contributed by atoms with Crippen LogP contribution in [0.15, 0.2) is 30.3 Å². The first-order chi connectivity index (χ1) is 26.8. The Kier molecular flexibility index (Phi) is 9.67. The van der Waals surface area contributed by atoms with E-state index in [4.69, 9.17) is 23.7 Å². The predicted octanol–water partition coefficient (Wildman–Crippen LogP) is 0.605. The lowest BCUT2D eigenvalue weighted by Crippen LogP contribution is -2.62. The van der Waals surface area contributed by atoms with E-state index in [0.717, 1.165) is 0 Å². The summed E-state index contributed by atoms with van der Waals surface area (Å²) in [5, 5.41) is 144. The lowest BCUT2D eigenvalue weighted by atomic mass is 9.91. The highest BCUT2D eigenvalue weighted by molar-refractivity contribution is 6.08. The number of phenols is 11. The number of aliphatic hydroxyl groups is 2. The topological polar surface area (TPSA) is 398 Å². The minimum atomic E-state index is -2.33. The van der Waals surface area contributed by atoms with Gasteiger partial charge in [-0.1, -0.05) is 0 Å². The van der Waals surface area contributed by atoms with Gasteiger partial charge in [-0.15, -0.1) is 0 Å². The van der Waals surface area contributed by atoms with E-state index in [1.165, 1.54) is 0 Å². The number of hydrogen-bond acceptors (Lipinski definition) is 22. The molecule has 0 amide bonds. The number of esters is 3. The zero-order valence-corrected chi connectivity index (χ0v) is 27.9. The smallest absolute Gasteiger partial charge is 0.340 e. The number of carbonyl (C=O) groups excluding carboxylic acids is 3. The molecule has 2 aliphatic heterocycles. The van der Waals surface area contributed by atoms with Crippen molar-refractivity contribution in [1.29, 1.82) is 0 Å². The number of carboxylic acids is 1.